The van der Waals surface area contributed by atoms with Gasteiger partial charge in [0.25, 0.3) is 10.0 Å². The number of benzene rings is 3. The third-order valence-corrected chi connectivity index (χ3v) is 9.22. The topological polar surface area (TPSA) is 96.0 Å². The lowest BCUT2D eigenvalue weighted by molar-refractivity contribution is -0.139. The average molecular weight is 635 g/mol. The van der Waals surface area contributed by atoms with Crippen LogP contribution in [0.25, 0.3) is 0 Å². The summed E-state index contributed by atoms with van der Waals surface area (Å²) in [5, 5.41) is 3.66. The molecule has 2 atom stereocenters. The molecule has 0 aliphatic carbocycles. The van der Waals surface area contributed by atoms with E-state index in [2.05, 4.69) is 5.32 Å². The van der Waals surface area contributed by atoms with Crippen molar-refractivity contribution in [1.29, 1.82) is 0 Å². The molecule has 8 nitrogen and oxygen atoms in total. The van der Waals surface area contributed by atoms with E-state index in [0.29, 0.717) is 40.1 Å². The van der Waals surface area contributed by atoms with Crippen LogP contribution in [0.2, 0.25) is 10.0 Å². The number of amides is 2. The Morgan fingerprint density at radius 1 is 0.952 bits per heavy atom. The monoisotopic (exact) mass is 633 g/mol. The van der Waals surface area contributed by atoms with Gasteiger partial charge >= 0.3 is 0 Å². The van der Waals surface area contributed by atoms with Crippen LogP contribution in [0.3, 0.4) is 0 Å². The van der Waals surface area contributed by atoms with Crippen molar-refractivity contribution in [3.8, 4) is 5.75 Å². The SMILES string of the molecule is CCOc1ccc(S(=O)(=O)N(CC(=O)N(Cc2ccc(Cl)cc2Cl)[C@@H](C)C(=O)N[C@H](C)CC)c2ccc(C)cc2)cc1. The zero-order valence-corrected chi connectivity index (χ0v) is 26.8. The van der Waals surface area contributed by atoms with Gasteiger partial charge in [0, 0.05) is 22.6 Å². The van der Waals surface area contributed by atoms with Gasteiger partial charge in [-0.25, -0.2) is 8.42 Å². The van der Waals surface area contributed by atoms with Crippen molar-refractivity contribution >= 4 is 50.7 Å². The largest absolute Gasteiger partial charge is 0.494 e. The molecule has 0 aliphatic heterocycles. The van der Waals surface area contributed by atoms with E-state index in [0.717, 1.165) is 9.87 Å². The summed E-state index contributed by atoms with van der Waals surface area (Å²) in [7, 11) is -4.20. The second kappa shape index (κ2) is 14.8. The maximum absolute atomic E-state index is 14.0. The molecule has 3 rings (SSSR count). The Labute approximate surface area is 258 Å². The van der Waals surface area contributed by atoms with Gasteiger partial charge < -0.3 is 15.0 Å². The molecule has 0 bridgehead atoms. The van der Waals surface area contributed by atoms with Gasteiger partial charge in [0.05, 0.1) is 17.2 Å². The fourth-order valence-corrected chi connectivity index (χ4v) is 6.01. The van der Waals surface area contributed by atoms with Crippen molar-refractivity contribution in [3.05, 3.63) is 87.9 Å². The molecule has 0 aliphatic rings. The number of carbonyl (C=O) groups excluding carboxylic acids is 2. The molecule has 0 fully saturated rings. The first-order valence-corrected chi connectivity index (χ1v) is 15.9. The summed E-state index contributed by atoms with van der Waals surface area (Å²) in [6, 6.07) is 16.7. The summed E-state index contributed by atoms with van der Waals surface area (Å²) in [6.45, 7) is 8.99. The van der Waals surface area contributed by atoms with Gasteiger partial charge in [-0.3, -0.25) is 13.9 Å². The van der Waals surface area contributed by atoms with Gasteiger partial charge in [0.15, 0.2) is 0 Å². The van der Waals surface area contributed by atoms with Crippen molar-refractivity contribution in [2.75, 3.05) is 17.5 Å². The number of rotatable bonds is 13. The predicted octanol–water partition coefficient (Wildman–Crippen LogP) is 6.23. The van der Waals surface area contributed by atoms with Crippen LogP contribution >= 0.6 is 23.2 Å². The molecule has 42 heavy (non-hydrogen) atoms. The summed E-state index contributed by atoms with van der Waals surface area (Å²) in [5.74, 6) is -0.413. The lowest BCUT2D eigenvalue weighted by Crippen LogP contribution is -2.52. The number of anilines is 1. The van der Waals surface area contributed by atoms with E-state index in [1.807, 2.05) is 27.7 Å². The van der Waals surface area contributed by atoms with E-state index >= 15 is 0 Å². The Balaban J connectivity index is 2.04. The highest BCUT2D eigenvalue weighted by Crippen LogP contribution is 2.27. The minimum atomic E-state index is -4.20. The standard InChI is InChI=1S/C31H37Cl2N3O5S/c1-6-22(4)34-31(38)23(5)35(19-24-10-11-25(32)18-29(24)33)30(37)20-36(26-12-8-21(3)9-13-26)42(39,40)28-16-14-27(15-17-28)41-7-2/h8-18,22-23H,6-7,19-20H2,1-5H3,(H,34,38)/t22-,23+/m1/s1. The molecule has 0 spiro atoms. The number of carbonyl (C=O) groups is 2. The fourth-order valence-electron chi connectivity index (χ4n) is 4.12. The van der Waals surface area contributed by atoms with Crippen LogP contribution in [-0.4, -0.2) is 50.4 Å². The number of hydrogen-bond acceptors (Lipinski definition) is 5. The third kappa shape index (κ3) is 8.40. The minimum absolute atomic E-state index is 0.00538. The summed E-state index contributed by atoms with van der Waals surface area (Å²) >= 11 is 12.5. The van der Waals surface area contributed by atoms with Crippen LogP contribution in [0.5, 0.6) is 5.75 Å². The zero-order chi connectivity index (χ0) is 31.0. The van der Waals surface area contributed by atoms with Crippen LogP contribution in [0.4, 0.5) is 5.69 Å². The van der Waals surface area contributed by atoms with Gasteiger partial charge in [-0.1, -0.05) is 53.9 Å². The van der Waals surface area contributed by atoms with Gasteiger partial charge in [0.2, 0.25) is 11.8 Å². The van der Waals surface area contributed by atoms with Crippen LogP contribution in [0.15, 0.2) is 71.6 Å². The first-order valence-electron chi connectivity index (χ1n) is 13.7. The summed E-state index contributed by atoms with van der Waals surface area (Å²) in [5.41, 5.74) is 1.80. The highest BCUT2D eigenvalue weighted by Gasteiger charge is 2.33. The number of aryl methyl sites for hydroxylation is 1. The molecule has 0 unspecified atom stereocenters. The van der Waals surface area contributed by atoms with Crippen molar-refractivity contribution in [2.45, 2.75) is 64.6 Å². The molecule has 3 aromatic carbocycles. The molecule has 0 saturated heterocycles. The van der Waals surface area contributed by atoms with Crippen molar-refractivity contribution in [3.63, 3.8) is 0 Å². The number of halogens is 2. The number of nitrogens with zero attached hydrogens (tertiary/aromatic N) is 2. The molecule has 11 heteroatoms. The summed E-state index contributed by atoms with van der Waals surface area (Å²) in [6.07, 6.45) is 0.705. The highest BCUT2D eigenvalue weighted by atomic mass is 35.5. The minimum Gasteiger partial charge on any atom is -0.494 e. The zero-order valence-electron chi connectivity index (χ0n) is 24.4. The Hall–Kier alpha value is -3.27. The van der Waals surface area contributed by atoms with Crippen LogP contribution in [0.1, 0.15) is 45.2 Å². The van der Waals surface area contributed by atoms with E-state index in [9.17, 15) is 18.0 Å². The molecule has 0 saturated carbocycles. The van der Waals surface area contributed by atoms with E-state index in [1.54, 1.807) is 61.5 Å². The quantitative estimate of drug-likeness (QED) is 0.241. The van der Waals surface area contributed by atoms with E-state index in [4.69, 9.17) is 27.9 Å². The van der Waals surface area contributed by atoms with Gasteiger partial charge in [-0.2, -0.15) is 0 Å². The molecular formula is C31H37Cl2N3O5S. The normalized spacial score (nSPS) is 12.7. The molecule has 1 N–H and O–H groups in total. The summed E-state index contributed by atoms with van der Waals surface area (Å²) in [4.78, 5) is 28.6. The number of sulfonamides is 1. The van der Waals surface area contributed by atoms with Crippen LogP contribution < -0.4 is 14.4 Å². The molecular weight excluding hydrogens is 597 g/mol. The maximum Gasteiger partial charge on any atom is 0.264 e. The lowest BCUT2D eigenvalue weighted by atomic mass is 10.1. The number of hydrogen-bond donors (Lipinski definition) is 1. The van der Waals surface area contributed by atoms with Crippen molar-refractivity contribution in [1.82, 2.24) is 10.2 Å². The van der Waals surface area contributed by atoms with Crippen LogP contribution in [-0.2, 0) is 26.2 Å². The molecule has 226 valence electrons. The number of ether oxygens (including phenoxy) is 1. The maximum atomic E-state index is 14.0. The highest BCUT2D eigenvalue weighted by molar-refractivity contribution is 7.92. The molecule has 0 radical (unpaired) electrons. The molecule has 0 aromatic heterocycles. The van der Waals surface area contributed by atoms with Gasteiger partial charge in [-0.05, 0) is 88.2 Å². The first-order chi connectivity index (χ1) is 19.9. The number of nitrogens with one attached hydrogen (secondary N) is 1. The van der Waals surface area contributed by atoms with E-state index in [1.165, 1.54) is 17.0 Å². The van der Waals surface area contributed by atoms with Crippen LogP contribution in [0, 0.1) is 6.92 Å². The van der Waals surface area contributed by atoms with E-state index in [-0.39, 0.29) is 23.4 Å². The Kier molecular flexibility index (Phi) is 11.7. The Morgan fingerprint density at radius 3 is 2.17 bits per heavy atom. The lowest BCUT2D eigenvalue weighted by Gasteiger charge is -2.32. The smallest absolute Gasteiger partial charge is 0.264 e. The second-order valence-electron chi connectivity index (χ2n) is 10.0. The first kappa shape index (κ1) is 33.2. The van der Waals surface area contributed by atoms with E-state index < -0.39 is 28.5 Å². The third-order valence-electron chi connectivity index (χ3n) is 6.85. The molecule has 3 aromatic rings. The Morgan fingerprint density at radius 2 is 1.60 bits per heavy atom. The average Bonchev–Trinajstić information content (AvgIpc) is 2.96. The molecule has 2 amide bonds. The summed E-state index contributed by atoms with van der Waals surface area (Å²) < 4.78 is 34.5. The van der Waals surface area contributed by atoms with Gasteiger partial charge in [0.1, 0.15) is 18.3 Å². The van der Waals surface area contributed by atoms with Crippen molar-refractivity contribution in [2.24, 2.45) is 0 Å². The second-order valence-corrected chi connectivity index (χ2v) is 12.7. The molecule has 0 heterocycles. The Bertz CT molecular complexity index is 1480. The van der Waals surface area contributed by atoms with Gasteiger partial charge in [-0.15, -0.1) is 0 Å². The predicted molar refractivity (Wildman–Crippen MR) is 168 cm³/mol. The van der Waals surface area contributed by atoms with Crippen molar-refractivity contribution < 1.29 is 22.7 Å². The fraction of sp³-hybridized carbons (Fsp3) is 0.355.